The lowest BCUT2D eigenvalue weighted by molar-refractivity contribution is 0.0695. The van der Waals surface area contributed by atoms with Gasteiger partial charge in [-0.05, 0) is 13.0 Å². The molecule has 1 aromatic rings. The van der Waals surface area contributed by atoms with Crippen LogP contribution in [0.25, 0.3) is 0 Å². The number of nitrogens with zero attached hydrogens (tertiary/aromatic N) is 1. The highest BCUT2D eigenvalue weighted by Crippen LogP contribution is 1.98. The van der Waals surface area contributed by atoms with Gasteiger partial charge in [-0.15, -0.1) is 0 Å². The van der Waals surface area contributed by atoms with Crippen LogP contribution in [0.15, 0.2) is 17.1 Å². The second-order valence-corrected chi connectivity index (χ2v) is 2.63. The maximum Gasteiger partial charge on any atom is 0.337 e. The Kier molecular flexibility index (Phi) is 4.63. The molecule has 0 aliphatic heterocycles. The van der Waals surface area contributed by atoms with Crippen molar-refractivity contribution < 1.29 is 9.90 Å². The van der Waals surface area contributed by atoms with Gasteiger partial charge < -0.3 is 9.67 Å². The van der Waals surface area contributed by atoms with E-state index in [1.165, 1.54) is 23.9 Å². The summed E-state index contributed by atoms with van der Waals surface area (Å²) in [4.78, 5) is 21.6. The maximum absolute atomic E-state index is 11.1. The predicted molar refractivity (Wildman–Crippen MR) is 54.7 cm³/mol. The van der Waals surface area contributed by atoms with Crippen LogP contribution in [0.5, 0.6) is 0 Å². The number of aryl methyl sites for hydroxylation is 2. The summed E-state index contributed by atoms with van der Waals surface area (Å²) in [6, 6.07) is 1.37. The minimum absolute atomic E-state index is 0.134. The van der Waals surface area contributed by atoms with E-state index in [2.05, 4.69) is 0 Å². The van der Waals surface area contributed by atoms with E-state index in [-0.39, 0.29) is 11.1 Å². The van der Waals surface area contributed by atoms with E-state index in [0.29, 0.717) is 5.56 Å². The Morgan fingerprint density at radius 3 is 2.29 bits per heavy atom. The van der Waals surface area contributed by atoms with Gasteiger partial charge in [-0.25, -0.2) is 4.79 Å². The first-order valence-electron chi connectivity index (χ1n) is 4.43. The first-order valence-corrected chi connectivity index (χ1v) is 4.43. The molecular formula is C10H15NO3. The molecule has 0 spiro atoms. The third-order valence-corrected chi connectivity index (χ3v) is 1.61. The molecule has 0 unspecified atom stereocenters. The first kappa shape index (κ1) is 12.4. The maximum atomic E-state index is 11.1. The lowest BCUT2D eigenvalue weighted by Crippen LogP contribution is -2.20. The van der Waals surface area contributed by atoms with Crippen LogP contribution in [-0.2, 0) is 7.05 Å². The van der Waals surface area contributed by atoms with Crippen LogP contribution >= 0.6 is 0 Å². The van der Waals surface area contributed by atoms with Crippen LogP contribution in [0.2, 0.25) is 0 Å². The highest BCUT2D eigenvalue weighted by Gasteiger charge is 2.05. The van der Waals surface area contributed by atoms with E-state index in [1.807, 2.05) is 13.8 Å². The normalized spacial score (nSPS) is 8.86. The fourth-order valence-electron chi connectivity index (χ4n) is 0.995. The fraction of sp³-hybridized carbons (Fsp3) is 0.400. The third kappa shape index (κ3) is 2.73. The largest absolute Gasteiger partial charge is 0.478 e. The molecule has 1 aromatic heterocycles. The van der Waals surface area contributed by atoms with E-state index in [9.17, 15) is 9.59 Å². The molecule has 14 heavy (non-hydrogen) atoms. The standard InChI is InChI=1S/C8H9NO3.C2H6/c1-5-3-6(8(11)12)4-9(2)7(5)10;1-2/h3-4H,1-2H3,(H,11,12);1-2H3. The Bertz CT molecular complexity index is 353. The number of aromatic carboxylic acids is 1. The zero-order chi connectivity index (χ0) is 11.3. The van der Waals surface area contributed by atoms with Gasteiger partial charge in [-0.2, -0.15) is 0 Å². The van der Waals surface area contributed by atoms with E-state index in [4.69, 9.17) is 5.11 Å². The molecule has 1 N–H and O–H groups in total. The lowest BCUT2D eigenvalue weighted by atomic mass is 10.2. The first-order chi connectivity index (χ1) is 6.52. The molecule has 0 atom stereocenters. The zero-order valence-electron chi connectivity index (χ0n) is 8.87. The van der Waals surface area contributed by atoms with Gasteiger partial charge in [0.1, 0.15) is 0 Å². The van der Waals surface area contributed by atoms with Crippen molar-refractivity contribution in [2.24, 2.45) is 7.05 Å². The summed E-state index contributed by atoms with van der Waals surface area (Å²) < 4.78 is 1.26. The smallest absolute Gasteiger partial charge is 0.337 e. The van der Waals surface area contributed by atoms with E-state index in [0.717, 1.165) is 0 Å². The van der Waals surface area contributed by atoms with Gasteiger partial charge >= 0.3 is 5.97 Å². The van der Waals surface area contributed by atoms with Gasteiger partial charge in [0.2, 0.25) is 0 Å². The number of aromatic nitrogens is 1. The second kappa shape index (κ2) is 5.21. The number of hydrogen-bond donors (Lipinski definition) is 1. The van der Waals surface area contributed by atoms with Crippen molar-refractivity contribution in [1.82, 2.24) is 4.57 Å². The summed E-state index contributed by atoms with van der Waals surface area (Å²) in [5.41, 5.74) is 0.409. The van der Waals surface area contributed by atoms with Crippen molar-refractivity contribution in [3.05, 3.63) is 33.7 Å². The Hall–Kier alpha value is -1.58. The molecule has 4 heteroatoms. The Balaban J connectivity index is 0.000000791. The van der Waals surface area contributed by atoms with Gasteiger partial charge in [0.05, 0.1) is 5.56 Å². The summed E-state index contributed by atoms with van der Waals surface area (Å²) in [5, 5.41) is 8.61. The molecule has 78 valence electrons. The van der Waals surface area contributed by atoms with Crippen molar-refractivity contribution in [3.63, 3.8) is 0 Å². The summed E-state index contributed by atoms with van der Waals surface area (Å²) in [6.45, 7) is 5.59. The molecule has 1 heterocycles. The third-order valence-electron chi connectivity index (χ3n) is 1.61. The summed E-state index contributed by atoms with van der Waals surface area (Å²) in [7, 11) is 1.53. The minimum atomic E-state index is -1.02. The molecule has 0 saturated heterocycles. The van der Waals surface area contributed by atoms with E-state index < -0.39 is 5.97 Å². The van der Waals surface area contributed by atoms with Crippen molar-refractivity contribution in [1.29, 1.82) is 0 Å². The van der Waals surface area contributed by atoms with Gasteiger partial charge in [0.25, 0.3) is 5.56 Å². The number of rotatable bonds is 1. The van der Waals surface area contributed by atoms with Crippen LogP contribution < -0.4 is 5.56 Å². The quantitative estimate of drug-likeness (QED) is 0.740. The molecule has 0 fully saturated rings. The summed E-state index contributed by atoms with van der Waals surface area (Å²) >= 11 is 0. The Labute approximate surface area is 82.8 Å². The summed E-state index contributed by atoms with van der Waals surface area (Å²) in [5.74, 6) is -1.02. The molecule has 4 nitrogen and oxygen atoms in total. The van der Waals surface area contributed by atoms with E-state index in [1.54, 1.807) is 6.92 Å². The molecule has 1 rings (SSSR count). The van der Waals surface area contributed by atoms with Crippen LogP contribution in [0.4, 0.5) is 0 Å². The monoisotopic (exact) mass is 197 g/mol. The molecule has 0 saturated carbocycles. The highest BCUT2D eigenvalue weighted by atomic mass is 16.4. The molecule has 0 aromatic carbocycles. The van der Waals surface area contributed by atoms with Crippen molar-refractivity contribution in [2.75, 3.05) is 0 Å². The average Bonchev–Trinajstić information content (AvgIpc) is 2.16. The molecule has 0 amide bonds. The Morgan fingerprint density at radius 2 is 1.93 bits per heavy atom. The van der Waals surface area contributed by atoms with Crippen molar-refractivity contribution >= 4 is 5.97 Å². The van der Waals surface area contributed by atoms with Crippen molar-refractivity contribution in [3.8, 4) is 0 Å². The number of carbonyl (C=O) groups is 1. The van der Waals surface area contributed by atoms with E-state index >= 15 is 0 Å². The van der Waals surface area contributed by atoms with Crippen LogP contribution in [0.1, 0.15) is 29.8 Å². The molecule has 0 aliphatic carbocycles. The molecular weight excluding hydrogens is 182 g/mol. The lowest BCUT2D eigenvalue weighted by Gasteiger charge is -2.00. The van der Waals surface area contributed by atoms with Gasteiger partial charge in [0.15, 0.2) is 0 Å². The average molecular weight is 197 g/mol. The number of carboxylic acids is 1. The zero-order valence-corrected chi connectivity index (χ0v) is 8.87. The van der Waals surface area contributed by atoms with Crippen LogP contribution in [0, 0.1) is 6.92 Å². The molecule has 0 radical (unpaired) electrons. The van der Waals surface area contributed by atoms with Gasteiger partial charge in [0, 0.05) is 18.8 Å². The van der Waals surface area contributed by atoms with Gasteiger partial charge in [-0.3, -0.25) is 4.79 Å². The number of hydrogen-bond acceptors (Lipinski definition) is 2. The fourth-order valence-corrected chi connectivity index (χ4v) is 0.995. The Morgan fingerprint density at radius 1 is 1.43 bits per heavy atom. The SMILES string of the molecule is CC.Cc1cc(C(=O)O)cn(C)c1=O. The van der Waals surface area contributed by atoms with Crippen LogP contribution in [-0.4, -0.2) is 15.6 Å². The number of pyridine rings is 1. The topological polar surface area (TPSA) is 59.3 Å². The summed E-state index contributed by atoms with van der Waals surface area (Å²) in [6.07, 6.45) is 1.30. The van der Waals surface area contributed by atoms with Gasteiger partial charge in [-0.1, -0.05) is 13.8 Å². The second-order valence-electron chi connectivity index (χ2n) is 2.63. The number of carboxylic acid groups (broad SMARTS) is 1. The minimum Gasteiger partial charge on any atom is -0.478 e. The molecule has 0 aliphatic rings. The van der Waals surface area contributed by atoms with Crippen LogP contribution in [0.3, 0.4) is 0 Å². The highest BCUT2D eigenvalue weighted by molar-refractivity contribution is 5.87. The predicted octanol–water partition coefficient (Wildman–Crippen LogP) is 1.42. The molecule has 0 bridgehead atoms. The van der Waals surface area contributed by atoms with Crippen molar-refractivity contribution in [2.45, 2.75) is 20.8 Å².